The van der Waals surface area contributed by atoms with Crippen molar-refractivity contribution in [1.82, 2.24) is 0 Å². The Morgan fingerprint density at radius 1 is 1.05 bits per heavy atom. The molecule has 2 heteroatoms. The molecule has 0 heterocycles. The standard InChI is InChI=1S/C17H17ClO/c1-4-17(19)14-7-5-13(6-8-14)15-9-12(3)16(18)10-11(15)2/h5-10H,4H2,1-3H3. The van der Waals surface area contributed by atoms with Crippen molar-refractivity contribution in [2.45, 2.75) is 27.2 Å². The highest BCUT2D eigenvalue weighted by molar-refractivity contribution is 6.31. The molecule has 0 spiro atoms. The van der Waals surface area contributed by atoms with Gasteiger partial charge >= 0.3 is 0 Å². The molecular weight excluding hydrogens is 256 g/mol. The number of halogens is 1. The molecule has 2 aromatic rings. The van der Waals surface area contributed by atoms with Crippen LogP contribution in [0.25, 0.3) is 11.1 Å². The molecule has 0 radical (unpaired) electrons. The number of carbonyl (C=O) groups excluding carboxylic acids is 1. The van der Waals surface area contributed by atoms with Crippen LogP contribution in [0.5, 0.6) is 0 Å². The van der Waals surface area contributed by atoms with E-state index in [0.29, 0.717) is 6.42 Å². The van der Waals surface area contributed by atoms with Crippen LogP contribution >= 0.6 is 11.6 Å². The number of hydrogen-bond donors (Lipinski definition) is 0. The molecule has 2 aromatic carbocycles. The quantitative estimate of drug-likeness (QED) is 0.701. The van der Waals surface area contributed by atoms with Crippen molar-refractivity contribution >= 4 is 17.4 Å². The van der Waals surface area contributed by atoms with Gasteiger partial charge < -0.3 is 0 Å². The van der Waals surface area contributed by atoms with Crippen LogP contribution in [-0.2, 0) is 0 Å². The average Bonchev–Trinajstić information content (AvgIpc) is 2.42. The lowest BCUT2D eigenvalue weighted by Gasteiger charge is -2.09. The van der Waals surface area contributed by atoms with Gasteiger partial charge in [-0.25, -0.2) is 0 Å². The van der Waals surface area contributed by atoms with E-state index in [2.05, 4.69) is 6.07 Å². The number of Topliss-reactive ketones (excluding diaryl/α,β-unsaturated/α-hetero) is 1. The number of ketones is 1. The van der Waals surface area contributed by atoms with Crippen LogP contribution in [-0.4, -0.2) is 5.78 Å². The van der Waals surface area contributed by atoms with Gasteiger partial charge in [-0.05, 0) is 48.2 Å². The Morgan fingerprint density at radius 2 is 1.68 bits per heavy atom. The first kappa shape index (κ1) is 13.8. The van der Waals surface area contributed by atoms with E-state index < -0.39 is 0 Å². The molecule has 0 aromatic heterocycles. The summed E-state index contributed by atoms with van der Waals surface area (Å²) in [6, 6.07) is 11.9. The summed E-state index contributed by atoms with van der Waals surface area (Å²) in [6.07, 6.45) is 0.540. The molecule has 0 unspecified atom stereocenters. The summed E-state index contributed by atoms with van der Waals surface area (Å²) in [7, 11) is 0. The second kappa shape index (κ2) is 5.58. The van der Waals surface area contributed by atoms with E-state index in [1.54, 1.807) is 0 Å². The van der Waals surface area contributed by atoms with E-state index in [1.165, 1.54) is 0 Å². The van der Waals surface area contributed by atoms with E-state index in [1.807, 2.05) is 51.1 Å². The third kappa shape index (κ3) is 2.87. The molecule has 2 rings (SSSR count). The molecule has 19 heavy (non-hydrogen) atoms. The summed E-state index contributed by atoms with van der Waals surface area (Å²) < 4.78 is 0. The molecule has 0 amide bonds. The Labute approximate surface area is 119 Å². The van der Waals surface area contributed by atoms with Crippen LogP contribution in [0, 0.1) is 13.8 Å². The first-order chi connectivity index (χ1) is 9.02. The molecule has 0 aliphatic heterocycles. The fourth-order valence-electron chi connectivity index (χ4n) is 2.13. The minimum Gasteiger partial charge on any atom is -0.294 e. The van der Waals surface area contributed by atoms with Crippen molar-refractivity contribution in [3.63, 3.8) is 0 Å². The SMILES string of the molecule is CCC(=O)c1ccc(-c2cc(C)c(Cl)cc2C)cc1. The number of hydrogen-bond acceptors (Lipinski definition) is 1. The van der Waals surface area contributed by atoms with E-state index in [9.17, 15) is 4.79 Å². The summed E-state index contributed by atoms with van der Waals surface area (Å²) in [5, 5.41) is 0.791. The first-order valence-electron chi connectivity index (χ1n) is 6.43. The average molecular weight is 273 g/mol. The highest BCUT2D eigenvalue weighted by Gasteiger charge is 2.07. The van der Waals surface area contributed by atoms with Gasteiger partial charge in [0.2, 0.25) is 0 Å². The van der Waals surface area contributed by atoms with Gasteiger partial charge in [-0.15, -0.1) is 0 Å². The maximum Gasteiger partial charge on any atom is 0.162 e. The van der Waals surface area contributed by atoms with E-state index in [-0.39, 0.29) is 5.78 Å². The molecule has 0 saturated heterocycles. The minimum absolute atomic E-state index is 0.176. The lowest BCUT2D eigenvalue weighted by atomic mass is 9.97. The van der Waals surface area contributed by atoms with Crippen molar-refractivity contribution < 1.29 is 4.79 Å². The van der Waals surface area contributed by atoms with Gasteiger partial charge in [-0.3, -0.25) is 4.79 Å². The number of carbonyl (C=O) groups is 1. The third-order valence-corrected chi connectivity index (χ3v) is 3.75. The molecule has 1 nitrogen and oxygen atoms in total. The monoisotopic (exact) mass is 272 g/mol. The second-order valence-corrected chi connectivity index (χ2v) is 5.18. The maximum atomic E-state index is 11.6. The zero-order valence-corrected chi connectivity index (χ0v) is 12.2. The van der Waals surface area contributed by atoms with Gasteiger partial charge in [-0.2, -0.15) is 0 Å². The Balaban J connectivity index is 2.43. The molecule has 98 valence electrons. The van der Waals surface area contributed by atoms with Crippen LogP contribution in [0.1, 0.15) is 34.8 Å². The normalized spacial score (nSPS) is 10.5. The summed E-state index contributed by atoms with van der Waals surface area (Å²) >= 11 is 6.11. The number of rotatable bonds is 3. The minimum atomic E-state index is 0.176. The second-order valence-electron chi connectivity index (χ2n) is 4.77. The van der Waals surface area contributed by atoms with Gasteiger partial charge in [0.15, 0.2) is 5.78 Å². The lowest BCUT2D eigenvalue weighted by molar-refractivity contribution is 0.0988. The molecule has 0 atom stereocenters. The largest absolute Gasteiger partial charge is 0.294 e. The Morgan fingerprint density at radius 3 is 2.26 bits per heavy atom. The summed E-state index contributed by atoms with van der Waals surface area (Å²) in [5.74, 6) is 0.176. The van der Waals surface area contributed by atoms with Gasteiger partial charge in [-0.1, -0.05) is 42.8 Å². The zero-order chi connectivity index (χ0) is 14.0. The van der Waals surface area contributed by atoms with Gasteiger partial charge in [0.05, 0.1) is 0 Å². The van der Waals surface area contributed by atoms with Crippen LogP contribution in [0.4, 0.5) is 0 Å². The molecule has 0 aliphatic rings. The Hall–Kier alpha value is -1.60. The highest BCUT2D eigenvalue weighted by atomic mass is 35.5. The number of benzene rings is 2. The predicted molar refractivity (Wildman–Crippen MR) is 81.0 cm³/mol. The van der Waals surface area contributed by atoms with Crippen LogP contribution in [0.3, 0.4) is 0 Å². The fourth-order valence-corrected chi connectivity index (χ4v) is 2.35. The van der Waals surface area contributed by atoms with Crippen molar-refractivity contribution in [2.75, 3.05) is 0 Å². The van der Waals surface area contributed by atoms with Gasteiger partial charge in [0.1, 0.15) is 0 Å². The molecule has 0 aliphatic carbocycles. The van der Waals surface area contributed by atoms with Crippen molar-refractivity contribution in [1.29, 1.82) is 0 Å². The van der Waals surface area contributed by atoms with Crippen molar-refractivity contribution in [3.05, 3.63) is 58.1 Å². The van der Waals surface area contributed by atoms with E-state index in [0.717, 1.165) is 32.8 Å². The molecule has 0 fully saturated rings. The van der Waals surface area contributed by atoms with Crippen LogP contribution in [0.2, 0.25) is 5.02 Å². The van der Waals surface area contributed by atoms with E-state index in [4.69, 9.17) is 11.6 Å². The van der Waals surface area contributed by atoms with Gasteiger partial charge in [0, 0.05) is 17.0 Å². The van der Waals surface area contributed by atoms with Crippen LogP contribution in [0.15, 0.2) is 36.4 Å². The molecular formula is C17H17ClO. The van der Waals surface area contributed by atoms with Crippen LogP contribution < -0.4 is 0 Å². The number of aryl methyl sites for hydroxylation is 2. The predicted octanol–water partition coefficient (Wildman–Crippen LogP) is 5.22. The maximum absolute atomic E-state index is 11.6. The molecule has 0 bridgehead atoms. The fraction of sp³-hybridized carbons (Fsp3) is 0.235. The highest BCUT2D eigenvalue weighted by Crippen LogP contribution is 2.29. The third-order valence-electron chi connectivity index (χ3n) is 3.34. The first-order valence-corrected chi connectivity index (χ1v) is 6.81. The van der Waals surface area contributed by atoms with Crippen molar-refractivity contribution in [3.8, 4) is 11.1 Å². The summed E-state index contributed by atoms with van der Waals surface area (Å²) in [4.78, 5) is 11.6. The smallest absolute Gasteiger partial charge is 0.162 e. The lowest BCUT2D eigenvalue weighted by Crippen LogP contribution is -1.96. The molecule has 0 N–H and O–H groups in total. The van der Waals surface area contributed by atoms with Gasteiger partial charge in [0.25, 0.3) is 0 Å². The summed E-state index contributed by atoms with van der Waals surface area (Å²) in [6.45, 7) is 5.93. The van der Waals surface area contributed by atoms with E-state index >= 15 is 0 Å². The molecule has 0 saturated carbocycles. The zero-order valence-electron chi connectivity index (χ0n) is 11.5. The summed E-state index contributed by atoms with van der Waals surface area (Å²) in [5.41, 5.74) is 5.26. The van der Waals surface area contributed by atoms with Crippen molar-refractivity contribution in [2.24, 2.45) is 0 Å². The topological polar surface area (TPSA) is 17.1 Å². The Bertz CT molecular complexity index is 612. The Kier molecular flexibility index (Phi) is 4.06.